The van der Waals surface area contributed by atoms with Gasteiger partial charge in [0.05, 0.1) is 30.1 Å². The van der Waals surface area contributed by atoms with E-state index < -0.39 is 5.97 Å². The molecule has 3 rings (SSSR count). The second-order valence-electron chi connectivity index (χ2n) is 5.94. The Kier molecular flexibility index (Phi) is 6.60. The zero-order valence-electron chi connectivity index (χ0n) is 14.5. The molecule has 0 unspecified atom stereocenters. The van der Waals surface area contributed by atoms with Crippen molar-refractivity contribution in [2.45, 2.75) is 6.42 Å². The van der Waals surface area contributed by atoms with Crippen LogP contribution in [0.2, 0.25) is 5.02 Å². The fourth-order valence-electron chi connectivity index (χ4n) is 2.57. The molecule has 0 spiro atoms. The highest BCUT2D eigenvalue weighted by molar-refractivity contribution is 7.14. The standard InChI is InChI=1S/C19H18ClNO5S/c20-14-3-1-13(2-4-14)19(24)26-12-16(22)17-6-5-15(27-17)11-18(23)21-7-9-25-10-8-21/h1-6H,7-12H2. The van der Waals surface area contributed by atoms with Gasteiger partial charge in [0.2, 0.25) is 11.7 Å². The molecule has 27 heavy (non-hydrogen) atoms. The molecule has 0 atom stereocenters. The van der Waals surface area contributed by atoms with Crippen LogP contribution in [0, 0.1) is 0 Å². The molecular weight excluding hydrogens is 390 g/mol. The number of thiophene rings is 1. The van der Waals surface area contributed by atoms with Crippen molar-refractivity contribution >= 4 is 40.6 Å². The number of carbonyl (C=O) groups is 3. The lowest BCUT2D eigenvalue weighted by Crippen LogP contribution is -2.41. The third-order valence-electron chi connectivity index (χ3n) is 4.04. The summed E-state index contributed by atoms with van der Waals surface area (Å²) in [6.07, 6.45) is 0.252. The van der Waals surface area contributed by atoms with Gasteiger partial charge in [0.25, 0.3) is 0 Å². The molecule has 0 bridgehead atoms. The Morgan fingerprint density at radius 2 is 1.78 bits per heavy atom. The van der Waals surface area contributed by atoms with Gasteiger partial charge in [-0.1, -0.05) is 11.6 Å². The third kappa shape index (κ3) is 5.38. The van der Waals surface area contributed by atoms with Crippen LogP contribution < -0.4 is 0 Å². The minimum absolute atomic E-state index is 0.0216. The van der Waals surface area contributed by atoms with Crippen LogP contribution in [0.1, 0.15) is 24.9 Å². The van der Waals surface area contributed by atoms with Crippen LogP contribution in [-0.4, -0.2) is 55.5 Å². The predicted molar refractivity (Wildman–Crippen MR) is 101 cm³/mol. The average molecular weight is 408 g/mol. The van der Waals surface area contributed by atoms with Gasteiger partial charge in [-0.3, -0.25) is 9.59 Å². The molecule has 1 amide bonds. The fourth-order valence-corrected chi connectivity index (χ4v) is 3.62. The number of esters is 1. The summed E-state index contributed by atoms with van der Waals surface area (Å²) in [6, 6.07) is 9.65. The van der Waals surface area contributed by atoms with Crippen LogP contribution in [0.5, 0.6) is 0 Å². The first kappa shape index (κ1) is 19.5. The van der Waals surface area contributed by atoms with Crippen LogP contribution in [0.3, 0.4) is 0 Å². The molecule has 2 aromatic rings. The molecule has 1 fully saturated rings. The Balaban J connectivity index is 1.51. The Bertz CT molecular complexity index is 827. The van der Waals surface area contributed by atoms with Gasteiger partial charge in [-0.2, -0.15) is 0 Å². The average Bonchev–Trinajstić information content (AvgIpc) is 3.15. The lowest BCUT2D eigenvalue weighted by Gasteiger charge is -2.26. The molecule has 1 aliphatic heterocycles. The summed E-state index contributed by atoms with van der Waals surface area (Å²) in [4.78, 5) is 39.5. The first-order valence-corrected chi connectivity index (χ1v) is 9.62. The number of rotatable bonds is 6. The van der Waals surface area contributed by atoms with Crippen molar-refractivity contribution in [2.24, 2.45) is 0 Å². The minimum Gasteiger partial charge on any atom is -0.454 e. The van der Waals surface area contributed by atoms with Crippen molar-refractivity contribution in [1.82, 2.24) is 4.90 Å². The van der Waals surface area contributed by atoms with Gasteiger partial charge in [0.1, 0.15) is 0 Å². The molecule has 0 aliphatic carbocycles. The highest BCUT2D eigenvalue weighted by Crippen LogP contribution is 2.19. The number of hydrogen-bond donors (Lipinski definition) is 0. The number of carbonyl (C=O) groups excluding carboxylic acids is 3. The number of halogens is 1. The predicted octanol–water partition coefficient (Wildman–Crippen LogP) is 2.84. The Morgan fingerprint density at radius 1 is 1.07 bits per heavy atom. The SMILES string of the molecule is O=C(OCC(=O)c1ccc(CC(=O)N2CCOCC2)s1)c1ccc(Cl)cc1. The van der Waals surface area contributed by atoms with Crippen LogP contribution in [0.4, 0.5) is 0 Å². The largest absolute Gasteiger partial charge is 0.454 e. The van der Waals surface area contributed by atoms with E-state index in [1.807, 2.05) is 0 Å². The van der Waals surface area contributed by atoms with Crippen LogP contribution >= 0.6 is 22.9 Å². The maximum atomic E-state index is 12.3. The van der Waals surface area contributed by atoms with Crippen molar-refractivity contribution < 1.29 is 23.9 Å². The number of ether oxygens (including phenoxy) is 2. The summed E-state index contributed by atoms with van der Waals surface area (Å²) in [5, 5.41) is 0.514. The molecular formula is C19H18ClNO5S. The molecule has 1 saturated heterocycles. The van der Waals surface area contributed by atoms with E-state index in [1.165, 1.54) is 23.5 Å². The summed E-state index contributed by atoms with van der Waals surface area (Å²) in [5.41, 5.74) is 0.329. The number of amides is 1. The van der Waals surface area contributed by atoms with Crippen molar-refractivity contribution in [3.05, 3.63) is 56.7 Å². The van der Waals surface area contributed by atoms with Crippen LogP contribution in [0.25, 0.3) is 0 Å². The molecule has 8 heteroatoms. The molecule has 0 radical (unpaired) electrons. The van der Waals surface area contributed by atoms with Gasteiger partial charge in [-0.15, -0.1) is 11.3 Å². The van der Waals surface area contributed by atoms with Crippen molar-refractivity contribution in [3.8, 4) is 0 Å². The van der Waals surface area contributed by atoms with E-state index in [0.717, 1.165) is 4.88 Å². The number of benzene rings is 1. The number of morpholine rings is 1. The number of Topliss-reactive ketones (excluding diaryl/α,β-unsaturated/α-hetero) is 1. The molecule has 6 nitrogen and oxygen atoms in total. The number of hydrogen-bond acceptors (Lipinski definition) is 6. The molecule has 142 valence electrons. The molecule has 1 aliphatic rings. The maximum Gasteiger partial charge on any atom is 0.338 e. The van der Waals surface area contributed by atoms with Crippen molar-refractivity contribution in [3.63, 3.8) is 0 Å². The molecule has 1 aromatic carbocycles. The Morgan fingerprint density at radius 3 is 2.48 bits per heavy atom. The van der Waals surface area contributed by atoms with Gasteiger partial charge in [0, 0.05) is 23.0 Å². The van der Waals surface area contributed by atoms with Gasteiger partial charge in [-0.25, -0.2) is 4.79 Å². The van der Waals surface area contributed by atoms with Crippen LogP contribution in [-0.2, 0) is 20.7 Å². The minimum atomic E-state index is -0.584. The highest BCUT2D eigenvalue weighted by Gasteiger charge is 2.19. The lowest BCUT2D eigenvalue weighted by molar-refractivity contribution is -0.134. The second kappa shape index (κ2) is 9.12. The summed E-state index contributed by atoms with van der Waals surface area (Å²) in [6.45, 7) is 1.95. The second-order valence-corrected chi connectivity index (χ2v) is 7.55. The van der Waals surface area contributed by atoms with E-state index in [1.54, 1.807) is 29.2 Å². The smallest absolute Gasteiger partial charge is 0.338 e. The zero-order chi connectivity index (χ0) is 19.2. The number of ketones is 1. The number of nitrogens with zero attached hydrogens (tertiary/aromatic N) is 1. The van der Waals surface area contributed by atoms with Crippen molar-refractivity contribution in [2.75, 3.05) is 32.9 Å². The monoisotopic (exact) mass is 407 g/mol. The molecule has 0 N–H and O–H groups in total. The summed E-state index contributed by atoms with van der Waals surface area (Å²) < 4.78 is 10.3. The molecule has 2 heterocycles. The van der Waals surface area contributed by atoms with E-state index in [9.17, 15) is 14.4 Å². The first-order chi connectivity index (χ1) is 13.0. The molecule has 1 aromatic heterocycles. The Hall–Kier alpha value is -2.22. The van der Waals surface area contributed by atoms with Crippen molar-refractivity contribution in [1.29, 1.82) is 0 Å². The topological polar surface area (TPSA) is 72.9 Å². The van der Waals surface area contributed by atoms with E-state index in [4.69, 9.17) is 21.1 Å². The summed E-state index contributed by atoms with van der Waals surface area (Å²) >= 11 is 7.02. The summed E-state index contributed by atoms with van der Waals surface area (Å²) in [5.74, 6) is -0.861. The van der Waals surface area contributed by atoms with Gasteiger partial charge in [-0.05, 0) is 36.4 Å². The lowest BCUT2D eigenvalue weighted by atomic mass is 10.2. The summed E-state index contributed by atoms with van der Waals surface area (Å²) in [7, 11) is 0. The zero-order valence-corrected chi connectivity index (χ0v) is 16.1. The fraction of sp³-hybridized carbons (Fsp3) is 0.316. The van der Waals surface area contributed by atoms with Gasteiger partial charge in [0.15, 0.2) is 6.61 Å². The first-order valence-electron chi connectivity index (χ1n) is 8.43. The maximum absolute atomic E-state index is 12.3. The van der Waals surface area contributed by atoms with E-state index in [0.29, 0.717) is 41.8 Å². The van der Waals surface area contributed by atoms with E-state index in [2.05, 4.69) is 0 Å². The van der Waals surface area contributed by atoms with Gasteiger partial charge >= 0.3 is 5.97 Å². The Labute approximate surface area is 165 Å². The highest BCUT2D eigenvalue weighted by atomic mass is 35.5. The normalized spacial score (nSPS) is 14.0. The van der Waals surface area contributed by atoms with E-state index >= 15 is 0 Å². The quantitative estimate of drug-likeness (QED) is 0.543. The third-order valence-corrected chi connectivity index (χ3v) is 5.42. The van der Waals surface area contributed by atoms with E-state index in [-0.39, 0.29) is 24.7 Å². The van der Waals surface area contributed by atoms with Crippen LogP contribution in [0.15, 0.2) is 36.4 Å². The molecule has 0 saturated carbocycles. The van der Waals surface area contributed by atoms with Gasteiger partial charge < -0.3 is 14.4 Å².